The minimum Gasteiger partial charge on any atom is -0.358 e. The Hall–Kier alpha value is -2.18. The Morgan fingerprint density at radius 2 is 1.96 bits per heavy atom. The van der Waals surface area contributed by atoms with Crippen molar-refractivity contribution >= 4 is 23.2 Å². The maximum absolute atomic E-state index is 12.2. The number of hydrogen-bond acceptors (Lipinski definition) is 3. The minimum absolute atomic E-state index is 0.0638. The molecule has 1 aromatic carbocycles. The van der Waals surface area contributed by atoms with Crippen LogP contribution < -0.4 is 10.6 Å². The average Bonchev–Trinajstić information content (AvgIpc) is 3.10. The van der Waals surface area contributed by atoms with Crippen molar-refractivity contribution in [3.8, 4) is 0 Å². The summed E-state index contributed by atoms with van der Waals surface area (Å²) < 4.78 is 0. The second-order valence-corrected chi connectivity index (χ2v) is 6.25. The molecule has 2 aromatic rings. The van der Waals surface area contributed by atoms with E-state index in [2.05, 4.69) is 23.5 Å². The second-order valence-electron chi connectivity index (χ2n) is 5.27. The van der Waals surface area contributed by atoms with Crippen molar-refractivity contribution < 1.29 is 14.9 Å². The summed E-state index contributed by atoms with van der Waals surface area (Å²) >= 11 is 1.68. The number of hydrogen-bond donors (Lipinski definition) is 2. The Labute approximate surface area is 140 Å². The van der Waals surface area contributed by atoms with Crippen LogP contribution in [0.15, 0.2) is 47.8 Å². The maximum Gasteiger partial charge on any atom is 0.277 e. The first-order valence-electron chi connectivity index (χ1n) is 7.48. The SMILES string of the molecule is CNC(=O)CN(C)C(=O)C[NH2+][C@H](c1ccccc1)c1cccs1. The Kier molecular flexibility index (Phi) is 6.31. The van der Waals surface area contributed by atoms with E-state index in [0.29, 0.717) is 6.54 Å². The summed E-state index contributed by atoms with van der Waals surface area (Å²) in [4.78, 5) is 26.2. The van der Waals surface area contributed by atoms with Gasteiger partial charge in [-0.05, 0) is 11.4 Å². The number of carbonyl (C=O) groups is 2. The molecule has 0 unspecified atom stereocenters. The molecule has 0 bridgehead atoms. The van der Waals surface area contributed by atoms with Gasteiger partial charge in [-0.3, -0.25) is 9.59 Å². The Morgan fingerprint density at radius 1 is 1.22 bits per heavy atom. The number of quaternary nitrogens is 1. The van der Waals surface area contributed by atoms with Crippen molar-refractivity contribution in [2.24, 2.45) is 0 Å². The predicted molar refractivity (Wildman–Crippen MR) is 91.1 cm³/mol. The highest BCUT2D eigenvalue weighted by Gasteiger charge is 2.21. The van der Waals surface area contributed by atoms with Crippen LogP contribution >= 0.6 is 11.3 Å². The number of nitrogens with two attached hydrogens (primary N) is 1. The maximum atomic E-state index is 12.2. The average molecular weight is 332 g/mol. The summed E-state index contributed by atoms with van der Waals surface area (Å²) in [7, 11) is 3.21. The van der Waals surface area contributed by atoms with E-state index in [-0.39, 0.29) is 24.4 Å². The lowest BCUT2D eigenvalue weighted by atomic mass is 10.1. The topological polar surface area (TPSA) is 66.0 Å². The molecule has 2 rings (SSSR count). The van der Waals surface area contributed by atoms with E-state index < -0.39 is 0 Å². The van der Waals surface area contributed by atoms with E-state index in [1.807, 2.05) is 35.0 Å². The highest BCUT2D eigenvalue weighted by molar-refractivity contribution is 7.10. The van der Waals surface area contributed by atoms with E-state index in [4.69, 9.17) is 0 Å². The fourth-order valence-electron chi connectivity index (χ4n) is 2.30. The third-order valence-electron chi connectivity index (χ3n) is 3.62. The predicted octanol–water partition coefficient (Wildman–Crippen LogP) is 0.605. The van der Waals surface area contributed by atoms with Crippen LogP contribution in [0.5, 0.6) is 0 Å². The van der Waals surface area contributed by atoms with Gasteiger partial charge < -0.3 is 15.5 Å². The minimum atomic E-state index is -0.168. The second kappa shape index (κ2) is 8.45. The summed E-state index contributed by atoms with van der Waals surface area (Å²) in [6, 6.07) is 14.3. The van der Waals surface area contributed by atoms with E-state index in [1.165, 1.54) is 9.78 Å². The zero-order valence-electron chi connectivity index (χ0n) is 13.4. The molecule has 0 fully saturated rings. The molecular weight excluding hydrogens is 310 g/mol. The molecule has 0 aliphatic rings. The number of amides is 2. The van der Waals surface area contributed by atoms with Crippen molar-refractivity contribution in [1.29, 1.82) is 0 Å². The van der Waals surface area contributed by atoms with Crippen LogP contribution in [0.25, 0.3) is 0 Å². The molecule has 0 aliphatic heterocycles. The van der Waals surface area contributed by atoms with Crippen molar-refractivity contribution in [3.63, 3.8) is 0 Å². The van der Waals surface area contributed by atoms with Crippen LogP contribution in [0.2, 0.25) is 0 Å². The summed E-state index contributed by atoms with van der Waals surface area (Å²) in [5.74, 6) is -0.232. The van der Waals surface area contributed by atoms with Crippen molar-refractivity contribution in [3.05, 3.63) is 58.3 Å². The van der Waals surface area contributed by atoms with Gasteiger partial charge in [0.25, 0.3) is 5.91 Å². The molecule has 6 heteroatoms. The molecule has 0 aliphatic carbocycles. The van der Waals surface area contributed by atoms with Crippen molar-refractivity contribution in [2.45, 2.75) is 6.04 Å². The van der Waals surface area contributed by atoms with E-state index in [0.717, 1.165) is 5.56 Å². The Morgan fingerprint density at radius 3 is 2.57 bits per heavy atom. The summed E-state index contributed by atoms with van der Waals surface area (Å²) in [5.41, 5.74) is 1.16. The monoisotopic (exact) mass is 332 g/mol. The molecule has 0 radical (unpaired) electrons. The number of likely N-dealkylation sites (N-methyl/N-ethyl adjacent to an activating group) is 2. The number of nitrogens with zero attached hydrogens (tertiary/aromatic N) is 1. The third-order valence-corrected chi connectivity index (χ3v) is 4.58. The molecule has 23 heavy (non-hydrogen) atoms. The Bertz CT molecular complexity index is 629. The number of thiophene rings is 1. The van der Waals surface area contributed by atoms with Crippen molar-refractivity contribution in [1.82, 2.24) is 10.2 Å². The standard InChI is InChI=1S/C17H21N3O2S/c1-18-15(21)12-20(2)16(22)11-19-17(14-9-6-10-23-14)13-7-4-3-5-8-13/h3-10,17,19H,11-12H2,1-2H3,(H,18,21)/p+1/t17-/m1/s1. The number of nitrogens with one attached hydrogen (secondary N) is 1. The normalized spacial score (nSPS) is 11.7. The zero-order valence-corrected chi connectivity index (χ0v) is 14.2. The van der Waals surface area contributed by atoms with Gasteiger partial charge in [-0.1, -0.05) is 36.4 Å². The summed E-state index contributed by atoms with van der Waals surface area (Å²) in [5, 5.41) is 6.58. The van der Waals surface area contributed by atoms with Gasteiger partial charge in [0.15, 0.2) is 6.54 Å². The van der Waals surface area contributed by atoms with Crippen LogP contribution in [0.3, 0.4) is 0 Å². The van der Waals surface area contributed by atoms with Crippen LogP contribution in [0.4, 0.5) is 0 Å². The van der Waals surface area contributed by atoms with Gasteiger partial charge in [0, 0.05) is 19.7 Å². The first-order chi connectivity index (χ1) is 11.1. The lowest BCUT2D eigenvalue weighted by Crippen LogP contribution is -2.87. The lowest BCUT2D eigenvalue weighted by molar-refractivity contribution is -0.676. The van der Waals surface area contributed by atoms with Gasteiger partial charge in [-0.15, -0.1) is 11.3 Å². The summed E-state index contributed by atoms with van der Waals surface area (Å²) in [6.07, 6.45) is 0. The molecule has 1 atom stereocenters. The molecule has 1 heterocycles. The lowest BCUT2D eigenvalue weighted by Gasteiger charge is -2.18. The number of carbonyl (C=O) groups excluding carboxylic acids is 2. The molecule has 0 saturated heterocycles. The third kappa shape index (κ3) is 4.91. The number of benzene rings is 1. The first-order valence-corrected chi connectivity index (χ1v) is 8.36. The van der Waals surface area contributed by atoms with Gasteiger partial charge in [0.2, 0.25) is 5.91 Å². The van der Waals surface area contributed by atoms with Crippen LogP contribution in [-0.2, 0) is 9.59 Å². The van der Waals surface area contributed by atoms with Crippen LogP contribution in [0.1, 0.15) is 16.5 Å². The summed E-state index contributed by atoms with van der Waals surface area (Å²) in [6.45, 7) is 0.378. The molecule has 0 saturated carbocycles. The first kappa shape index (κ1) is 17.2. The van der Waals surface area contributed by atoms with Gasteiger partial charge in [-0.2, -0.15) is 0 Å². The van der Waals surface area contributed by atoms with Crippen LogP contribution in [0, 0.1) is 0 Å². The molecule has 0 spiro atoms. The van der Waals surface area contributed by atoms with Gasteiger partial charge in [0.05, 0.1) is 11.4 Å². The largest absolute Gasteiger partial charge is 0.358 e. The van der Waals surface area contributed by atoms with Crippen LogP contribution in [-0.4, -0.2) is 43.9 Å². The fourth-order valence-corrected chi connectivity index (χ4v) is 3.15. The van der Waals surface area contributed by atoms with Gasteiger partial charge in [0.1, 0.15) is 6.04 Å². The molecule has 3 N–H and O–H groups in total. The van der Waals surface area contributed by atoms with E-state index in [9.17, 15) is 9.59 Å². The van der Waals surface area contributed by atoms with Crippen molar-refractivity contribution in [2.75, 3.05) is 27.2 Å². The smallest absolute Gasteiger partial charge is 0.277 e. The highest BCUT2D eigenvalue weighted by Crippen LogP contribution is 2.22. The quantitative estimate of drug-likeness (QED) is 0.780. The van der Waals surface area contributed by atoms with E-state index >= 15 is 0 Å². The zero-order chi connectivity index (χ0) is 16.7. The highest BCUT2D eigenvalue weighted by atomic mass is 32.1. The molecule has 2 amide bonds. The van der Waals surface area contributed by atoms with Gasteiger partial charge >= 0.3 is 0 Å². The fraction of sp³-hybridized carbons (Fsp3) is 0.294. The Balaban J connectivity index is 2.02. The molecule has 1 aromatic heterocycles. The molecular formula is C17H22N3O2S+. The molecule has 122 valence electrons. The molecule has 5 nitrogen and oxygen atoms in total. The van der Waals surface area contributed by atoms with Gasteiger partial charge in [-0.25, -0.2) is 0 Å². The van der Waals surface area contributed by atoms with E-state index in [1.54, 1.807) is 25.4 Å². The number of rotatable bonds is 7.